The lowest BCUT2D eigenvalue weighted by molar-refractivity contribution is -0.117. The molecule has 1 N–H and O–H groups in total. The molecule has 0 aliphatic carbocycles. The quantitative estimate of drug-likeness (QED) is 0.872. The molecule has 0 aliphatic heterocycles. The molecule has 0 bridgehead atoms. The molecule has 104 valence electrons. The highest BCUT2D eigenvalue weighted by Crippen LogP contribution is 2.24. The molecule has 0 radical (unpaired) electrons. The number of hydrogen-bond donors (Lipinski definition) is 1. The second kappa shape index (κ2) is 6.38. The summed E-state index contributed by atoms with van der Waals surface area (Å²) < 4.78 is 0. The Balaban J connectivity index is 2.20. The minimum atomic E-state index is -0.101. The van der Waals surface area contributed by atoms with Crippen molar-refractivity contribution >= 4 is 11.6 Å². The van der Waals surface area contributed by atoms with Crippen molar-refractivity contribution < 1.29 is 4.79 Å². The fraction of sp³-hybridized carbons (Fsp3) is 0.278. The van der Waals surface area contributed by atoms with Crippen molar-refractivity contribution in [1.29, 1.82) is 0 Å². The summed E-state index contributed by atoms with van der Waals surface area (Å²) in [5, 5.41) is 3.06. The number of anilines is 1. The Morgan fingerprint density at radius 2 is 1.75 bits per heavy atom. The Kier molecular flexibility index (Phi) is 4.57. The van der Waals surface area contributed by atoms with Gasteiger partial charge in [0.25, 0.3) is 0 Å². The average Bonchev–Trinajstić information content (AvgIpc) is 2.46. The van der Waals surface area contributed by atoms with E-state index < -0.39 is 0 Å². The van der Waals surface area contributed by atoms with E-state index in [-0.39, 0.29) is 11.8 Å². The maximum absolute atomic E-state index is 12.5. The van der Waals surface area contributed by atoms with Gasteiger partial charge in [-0.1, -0.05) is 49.4 Å². The van der Waals surface area contributed by atoms with Gasteiger partial charge in [-0.2, -0.15) is 0 Å². The third-order valence-electron chi connectivity index (χ3n) is 3.79. The lowest BCUT2D eigenvalue weighted by Crippen LogP contribution is -2.21. The van der Waals surface area contributed by atoms with Crippen LogP contribution in [-0.2, 0) is 4.79 Å². The molecule has 1 unspecified atom stereocenters. The van der Waals surface area contributed by atoms with Crippen LogP contribution in [0.25, 0.3) is 0 Å². The first-order valence-electron chi connectivity index (χ1n) is 7.05. The van der Waals surface area contributed by atoms with E-state index in [2.05, 4.69) is 18.3 Å². The second-order valence-corrected chi connectivity index (χ2v) is 5.11. The normalized spacial score (nSPS) is 11.9. The fourth-order valence-corrected chi connectivity index (χ4v) is 2.36. The molecule has 1 atom stereocenters. The first-order chi connectivity index (χ1) is 9.63. The van der Waals surface area contributed by atoms with Crippen LogP contribution in [0, 0.1) is 13.8 Å². The van der Waals surface area contributed by atoms with Gasteiger partial charge in [-0.15, -0.1) is 0 Å². The van der Waals surface area contributed by atoms with Crippen LogP contribution in [0.4, 0.5) is 5.69 Å². The van der Waals surface area contributed by atoms with Crippen molar-refractivity contribution in [3.05, 3.63) is 65.2 Å². The van der Waals surface area contributed by atoms with E-state index >= 15 is 0 Å². The molecule has 0 aliphatic rings. The molecule has 20 heavy (non-hydrogen) atoms. The lowest BCUT2D eigenvalue weighted by Gasteiger charge is -2.17. The van der Waals surface area contributed by atoms with Crippen molar-refractivity contribution in [2.24, 2.45) is 0 Å². The molecule has 0 heterocycles. The zero-order chi connectivity index (χ0) is 14.5. The van der Waals surface area contributed by atoms with Gasteiger partial charge in [-0.05, 0) is 43.0 Å². The van der Waals surface area contributed by atoms with Gasteiger partial charge in [0.05, 0.1) is 5.92 Å². The van der Waals surface area contributed by atoms with E-state index in [1.165, 1.54) is 5.56 Å². The number of aryl methyl sites for hydroxylation is 1. The molecule has 0 aromatic heterocycles. The van der Waals surface area contributed by atoms with Crippen LogP contribution in [0.2, 0.25) is 0 Å². The van der Waals surface area contributed by atoms with Gasteiger partial charge in [0.1, 0.15) is 0 Å². The van der Waals surface area contributed by atoms with Crippen LogP contribution in [0.1, 0.15) is 36.0 Å². The zero-order valence-corrected chi connectivity index (χ0v) is 12.3. The predicted octanol–water partition coefficient (Wildman–Crippen LogP) is 4.44. The second-order valence-electron chi connectivity index (χ2n) is 5.11. The van der Waals surface area contributed by atoms with Gasteiger partial charge in [0.2, 0.25) is 5.91 Å². The van der Waals surface area contributed by atoms with Crippen molar-refractivity contribution in [3.8, 4) is 0 Å². The molecule has 0 saturated heterocycles. The van der Waals surface area contributed by atoms with Gasteiger partial charge in [-0.25, -0.2) is 0 Å². The number of hydrogen-bond acceptors (Lipinski definition) is 1. The number of amides is 1. The zero-order valence-electron chi connectivity index (χ0n) is 12.3. The molecule has 1 amide bonds. The Labute approximate surface area is 120 Å². The first kappa shape index (κ1) is 14.3. The molecule has 0 fully saturated rings. The van der Waals surface area contributed by atoms with Crippen LogP contribution in [0.3, 0.4) is 0 Å². The van der Waals surface area contributed by atoms with E-state index in [1.54, 1.807) is 0 Å². The number of carbonyl (C=O) groups is 1. The van der Waals surface area contributed by atoms with Gasteiger partial charge in [0.15, 0.2) is 0 Å². The SMILES string of the molecule is CCC(C(=O)Nc1cccc(C)c1C)c1ccccc1. The molecule has 2 rings (SSSR count). The minimum Gasteiger partial charge on any atom is -0.325 e. The fourth-order valence-electron chi connectivity index (χ4n) is 2.36. The molecular formula is C18H21NO. The van der Waals surface area contributed by atoms with E-state index in [1.807, 2.05) is 56.3 Å². The summed E-state index contributed by atoms with van der Waals surface area (Å²) in [5.74, 6) is -0.0384. The first-order valence-corrected chi connectivity index (χ1v) is 7.05. The van der Waals surface area contributed by atoms with Crippen molar-refractivity contribution in [2.45, 2.75) is 33.1 Å². The Bertz CT molecular complexity index is 590. The van der Waals surface area contributed by atoms with E-state index in [4.69, 9.17) is 0 Å². The van der Waals surface area contributed by atoms with E-state index in [0.717, 1.165) is 23.2 Å². The summed E-state index contributed by atoms with van der Waals surface area (Å²) in [6, 6.07) is 15.9. The van der Waals surface area contributed by atoms with Gasteiger partial charge in [0, 0.05) is 5.69 Å². The van der Waals surface area contributed by atoms with Crippen molar-refractivity contribution in [3.63, 3.8) is 0 Å². The van der Waals surface area contributed by atoms with Crippen LogP contribution < -0.4 is 5.32 Å². The highest BCUT2D eigenvalue weighted by Gasteiger charge is 2.19. The number of nitrogens with one attached hydrogen (secondary N) is 1. The highest BCUT2D eigenvalue weighted by molar-refractivity contribution is 5.96. The molecule has 2 nitrogen and oxygen atoms in total. The van der Waals surface area contributed by atoms with Gasteiger partial charge >= 0.3 is 0 Å². The van der Waals surface area contributed by atoms with Crippen molar-refractivity contribution in [1.82, 2.24) is 0 Å². The summed E-state index contributed by atoms with van der Waals surface area (Å²) in [4.78, 5) is 12.5. The van der Waals surface area contributed by atoms with Gasteiger partial charge in [-0.3, -0.25) is 4.79 Å². The van der Waals surface area contributed by atoms with Crippen LogP contribution in [0.5, 0.6) is 0 Å². The molecule has 2 aromatic rings. The van der Waals surface area contributed by atoms with Crippen LogP contribution >= 0.6 is 0 Å². The molecular weight excluding hydrogens is 246 g/mol. The standard InChI is InChI=1S/C18H21NO/c1-4-16(15-10-6-5-7-11-15)18(20)19-17-12-8-9-13(2)14(17)3/h5-12,16H,4H2,1-3H3,(H,19,20). The molecule has 2 heteroatoms. The smallest absolute Gasteiger partial charge is 0.231 e. The number of rotatable bonds is 4. The lowest BCUT2D eigenvalue weighted by atomic mass is 9.95. The summed E-state index contributed by atoms with van der Waals surface area (Å²) in [6.07, 6.45) is 0.792. The summed E-state index contributed by atoms with van der Waals surface area (Å²) in [6.45, 7) is 6.13. The highest BCUT2D eigenvalue weighted by atomic mass is 16.1. The number of carbonyl (C=O) groups excluding carboxylic acids is 1. The van der Waals surface area contributed by atoms with Gasteiger partial charge < -0.3 is 5.32 Å². The van der Waals surface area contributed by atoms with Crippen LogP contribution in [-0.4, -0.2) is 5.91 Å². The Morgan fingerprint density at radius 1 is 1.05 bits per heavy atom. The summed E-state index contributed by atoms with van der Waals surface area (Å²) in [5.41, 5.74) is 4.29. The van der Waals surface area contributed by atoms with E-state index in [9.17, 15) is 4.79 Å². The third kappa shape index (κ3) is 3.08. The van der Waals surface area contributed by atoms with Crippen molar-refractivity contribution in [2.75, 3.05) is 5.32 Å². The summed E-state index contributed by atoms with van der Waals surface area (Å²) >= 11 is 0. The summed E-state index contributed by atoms with van der Waals surface area (Å²) in [7, 11) is 0. The Hall–Kier alpha value is -2.09. The van der Waals surface area contributed by atoms with Crippen LogP contribution in [0.15, 0.2) is 48.5 Å². The molecule has 0 saturated carbocycles. The largest absolute Gasteiger partial charge is 0.325 e. The van der Waals surface area contributed by atoms with E-state index in [0.29, 0.717) is 0 Å². The predicted molar refractivity (Wildman–Crippen MR) is 84.0 cm³/mol. The number of benzene rings is 2. The minimum absolute atomic E-state index is 0.0624. The maximum atomic E-state index is 12.5. The molecule has 2 aromatic carbocycles. The Morgan fingerprint density at radius 3 is 2.40 bits per heavy atom. The topological polar surface area (TPSA) is 29.1 Å². The third-order valence-corrected chi connectivity index (χ3v) is 3.79. The maximum Gasteiger partial charge on any atom is 0.231 e. The average molecular weight is 267 g/mol. The monoisotopic (exact) mass is 267 g/mol. The molecule has 0 spiro atoms.